The summed E-state index contributed by atoms with van der Waals surface area (Å²) in [4.78, 5) is 12.5. The molecule has 2 aromatic carbocycles. The van der Waals surface area contributed by atoms with Gasteiger partial charge in [-0.2, -0.15) is 4.31 Å². The van der Waals surface area contributed by atoms with E-state index in [9.17, 15) is 13.2 Å². The maximum absolute atomic E-state index is 13.5. The Morgan fingerprint density at radius 1 is 1.10 bits per heavy atom. The third-order valence-electron chi connectivity index (χ3n) is 4.48. The molecule has 0 aliphatic rings. The van der Waals surface area contributed by atoms with Crippen molar-refractivity contribution in [2.75, 3.05) is 7.11 Å². The van der Waals surface area contributed by atoms with E-state index in [1.54, 1.807) is 12.1 Å². The van der Waals surface area contributed by atoms with Crippen LogP contribution >= 0.6 is 0 Å². The second kappa shape index (κ2) is 10.9. The topological polar surface area (TPSA) is 72.9 Å². The zero-order valence-corrected chi connectivity index (χ0v) is 18.0. The number of carbonyl (C=O) groups is 1. The third kappa shape index (κ3) is 5.66. The van der Waals surface area contributed by atoms with Crippen molar-refractivity contribution in [3.8, 4) is 0 Å². The Balaban J connectivity index is 2.49. The molecule has 6 nitrogen and oxygen atoms in total. The highest BCUT2D eigenvalue weighted by atomic mass is 32.2. The third-order valence-corrected chi connectivity index (χ3v) is 6.37. The average Bonchev–Trinajstić information content (AvgIpc) is 2.75. The van der Waals surface area contributed by atoms with Gasteiger partial charge in [0.05, 0.1) is 18.6 Å². The van der Waals surface area contributed by atoms with Crippen LogP contribution in [0.4, 0.5) is 0 Å². The van der Waals surface area contributed by atoms with Crippen LogP contribution < -0.4 is 0 Å². The molecule has 0 fully saturated rings. The van der Waals surface area contributed by atoms with Crippen molar-refractivity contribution in [2.45, 2.75) is 37.1 Å². The highest BCUT2D eigenvalue weighted by molar-refractivity contribution is 7.89. The minimum atomic E-state index is -4.12. The number of aryl methyl sites for hydroxylation is 1. The summed E-state index contributed by atoms with van der Waals surface area (Å²) in [6.07, 6.45) is 1.78. The minimum absolute atomic E-state index is 0.0428. The monoisotopic (exact) mass is 429 g/mol. The average molecular weight is 430 g/mol. The Kier molecular flexibility index (Phi) is 8.53. The van der Waals surface area contributed by atoms with Crippen molar-refractivity contribution in [1.82, 2.24) is 4.31 Å². The number of esters is 1. The zero-order valence-electron chi connectivity index (χ0n) is 17.2. The summed E-state index contributed by atoms with van der Waals surface area (Å²) in [5, 5.41) is 0. The molecule has 2 rings (SSSR count). The molecule has 0 aliphatic carbocycles. The lowest BCUT2D eigenvalue weighted by Crippen LogP contribution is -2.51. The van der Waals surface area contributed by atoms with Gasteiger partial charge < -0.3 is 9.47 Å². The second-order valence-electron chi connectivity index (χ2n) is 6.63. The molecule has 2 atom stereocenters. The molecule has 7 heteroatoms. The highest BCUT2D eigenvalue weighted by Crippen LogP contribution is 2.26. The first kappa shape index (κ1) is 23.5. The number of sulfonamides is 1. The smallest absolute Gasteiger partial charge is 0.324 e. The molecule has 2 unspecified atom stereocenters. The van der Waals surface area contributed by atoms with Gasteiger partial charge in [0.1, 0.15) is 12.3 Å². The van der Waals surface area contributed by atoms with Crippen LogP contribution in [0.1, 0.15) is 17.5 Å². The molecular weight excluding hydrogens is 402 g/mol. The predicted octanol–water partition coefficient (Wildman–Crippen LogP) is 3.83. The molecule has 0 aromatic heterocycles. The second-order valence-corrected chi connectivity index (χ2v) is 8.48. The Labute approximate surface area is 178 Å². The predicted molar refractivity (Wildman–Crippen MR) is 116 cm³/mol. The van der Waals surface area contributed by atoms with Crippen LogP contribution in [0.3, 0.4) is 0 Å². The zero-order chi connectivity index (χ0) is 22.1. The van der Waals surface area contributed by atoms with Crippen LogP contribution in [0, 0.1) is 6.92 Å². The molecule has 0 radical (unpaired) electrons. The van der Waals surface area contributed by atoms with Crippen LogP contribution in [0.2, 0.25) is 0 Å². The molecule has 0 saturated carbocycles. The maximum Gasteiger partial charge on any atom is 0.324 e. The number of ether oxygens (including phenoxy) is 2. The minimum Gasteiger partial charge on any atom is -0.468 e. The molecular formula is C23H27NO5S. The lowest BCUT2D eigenvalue weighted by molar-refractivity contribution is -0.148. The van der Waals surface area contributed by atoms with E-state index in [0.717, 1.165) is 15.4 Å². The summed E-state index contributed by atoms with van der Waals surface area (Å²) >= 11 is 0. The van der Waals surface area contributed by atoms with Gasteiger partial charge in [-0.25, -0.2) is 8.42 Å². The van der Waals surface area contributed by atoms with Gasteiger partial charge in [-0.05, 0) is 37.1 Å². The Morgan fingerprint density at radius 2 is 1.73 bits per heavy atom. The van der Waals surface area contributed by atoms with E-state index in [4.69, 9.17) is 9.47 Å². The molecule has 0 amide bonds. The first-order valence-corrected chi connectivity index (χ1v) is 10.9. The van der Waals surface area contributed by atoms with E-state index in [2.05, 4.69) is 13.2 Å². The molecule has 0 N–H and O–H groups in total. The Morgan fingerprint density at radius 3 is 2.27 bits per heavy atom. The van der Waals surface area contributed by atoms with Crippen molar-refractivity contribution in [3.63, 3.8) is 0 Å². The van der Waals surface area contributed by atoms with Gasteiger partial charge in [0, 0.05) is 0 Å². The summed E-state index contributed by atoms with van der Waals surface area (Å²) in [5.74, 6) is -0.708. The number of hydrogen-bond donors (Lipinski definition) is 0. The van der Waals surface area contributed by atoms with E-state index >= 15 is 0 Å². The Hall–Kier alpha value is -2.74. The number of carbonyl (C=O) groups excluding carboxylic acids is 1. The van der Waals surface area contributed by atoms with Gasteiger partial charge in [-0.15, -0.1) is 6.58 Å². The van der Waals surface area contributed by atoms with Gasteiger partial charge >= 0.3 is 5.97 Å². The number of methoxy groups -OCH3 is 1. The number of hydrogen-bond acceptors (Lipinski definition) is 5. The van der Waals surface area contributed by atoms with Crippen molar-refractivity contribution in [1.29, 1.82) is 0 Å². The van der Waals surface area contributed by atoms with E-state index in [1.165, 1.54) is 31.4 Å². The largest absolute Gasteiger partial charge is 0.468 e. The van der Waals surface area contributed by atoms with Gasteiger partial charge in [0.15, 0.2) is 0 Å². The van der Waals surface area contributed by atoms with Gasteiger partial charge in [0.2, 0.25) is 10.0 Å². The highest BCUT2D eigenvalue weighted by Gasteiger charge is 2.40. The summed E-state index contributed by atoms with van der Waals surface area (Å²) in [5.41, 5.74) is 1.77. The fourth-order valence-corrected chi connectivity index (χ4v) is 4.56. The number of rotatable bonds is 11. The van der Waals surface area contributed by atoms with E-state index in [0.29, 0.717) is 0 Å². The number of nitrogens with zero attached hydrogens (tertiary/aromatic N) is 1. The summed E-state index contributed by atoms with van der Waals surface area (Å²) in [6.45, 7) is 9.38. The van der Waals surface area contributed by atoms with E-state index < -0.39 is 28.3 Å². The van der Waals surface area contributed by atoms with Crippen molar-refractivity contribution in [3.05, 3.63) is 91.0 Å². The molecule has 0 spiro atoms. The first-order chi connectivity index (χ1) is 14.3. The van der Waals surface area contributed by atoms with Crippen LogP contribution in [-0.4, -0.2) is 38.1 Å². The Bertz CT molecular complexity index is 955. The molecule has 0 bridgehead atoms. The summed E-state index contributed by atoms with van der Waals surface area (Å²) < 4.78 is 38.8. The summed E-state index contributed by atoms with van der Waals surface area (Å²) in [6, 6.07) is 14.5. The van der Waals surface area contributed by atoms with Crippen molar-refractivity contribution in [2.24, 2.45) is 0 Å². The molecule has 0 aliphatic heterocycles. The lowest BCUT2D eigenvalue weighted by atomic mass is 10.2. The molecule has 30 heavy (non-hydrogen) atoms. The van der Waals surface area contributed by atoms with Crippen molar-refractivity contribution < 1.29 is 22.7 Å². The van der Waals surface area contributed by atoms with Crippen LogP contribution in [-0.2, 0) is 30.9 Å². The normalized spacial score (nSPS) is 13.4. The lowest BCUT2D eigenvalue weighted by Gasteiger charge is -2.33. The summed E-state index contributed by atoms with van der Waals surface area (Å²) in [7, 11) is -2.91. The quantitative estimate of drug-likeness (QED) is 0.308. The molecule has 160 valence electrons. The fourth-order valence-electron chi connectivity index (χ4n) is 2.91. The van der Waals surface area contributed by atoms with E-state index in [-0.39, 0.29) is 17.9 Å². The van der Waals surface area contributed by atoms with Gasteiger partial charge in [-0.3, -0.25) is 4.79 Å². The van der Waals surface area contributed by atoms with Crippen LogP contribution in [0.5, 0.6) is 0 Å². The van der Waals surface area contributed by atoms with Crippen LogP contribution in [0.15, 0.2) is 84.8 Å². The van der Waals surface area contributed by atoms with E-state index in [1.807, 2.05) is 37.3 Å². The standard InChI is InChI=1S/C23H27NO5S/c1-5-10-21(23(25)28-4)24(30(26,27)20-15-13-18(3)14-16-20)22(6-2)29-17-19-11-8-7-9-12-19/h5-9,11-16,21-22H,1-2,10,17H2,3-4H3. The van der Waals surface area contributed by atoms with Gasteiger partial charge in [-0.1, -0.05) is 60.7 Å². The molecule has 0 heterocycles. The van der Waals surface area contributed by atoms with Crippen LogP contribution in [0.25, 0.3) is 0 Å². The maximum atomic E-state index is 13.5. The van der Waals surface area contributed by atoms with Gasteiger partial charge in [0.25, 0.3) is 0 Å². The molecule has 0 saturated heterocycles. The molecule has 2 aromatic rings. The van der Waals surface area contributed by atoms with Crippen molar-refractivity contribution >= 4 is 16.0 Å². The fraction of sp³-hybridized carbons (Fsp3) is 0.261. The SMILES string of the molecule is C=CCC(C(=O)OC)N(C(C=C)OCc1ccccc1)S(=O)(=O)c1ccc(C)cc1. The first-order valence-electron chi connectivity index (χ1n) is 9.42. The number of benzene rings is 2.